The molecule has 0 radical (unpaired) electrons. The van der Waals surface area contributed by atoms with Crippen molar-refractivity contribution in [2.24, 2.45) is 0 Å². The van der Waals surface area contributed by atoms with E-state index in [0.717, 1.165) is 4.00 Å². The maximum atomic E-state index is 7.03. The van der Waals surface area contributed by atoms with E-state index in [4.69, 9.17) is 8.15 Å². The van der Waals surface area contributed by atoms with Crippen LogP contribution in [-0.2, 0) is 8.15 Å². The maximum absolute atomic E-state index is 7.03. The van der Waals surface area contributed by atoms with Gasteiger partial charge in [0.1, 0.15) is 0 Å². The third kappa shape index (κ3) is 5.73. The number of rotatable bonds is 4. The van der Waals surface area contributed by atoms with Crippen molar-refractivity contribution in [2.45, 2.75) is 4.00 Å². The molecule has 0 bridgehead atoms. The predicted molar refractivity (Wildman–Crippen MR) is 135 cm³/mol. The van der Waals surface area contributed by atoms with Gasteiger partial charge < -0.3 is 0 Å². The van der Waals surface area contributed by atoms with E-state index >= 15 is 0 Å². The fourth-order valence-corrected chi connectivity index (χ4v) is 39.4. The van der Waals surface area contributed by atoms with Crippen molar-refractivity contribution in [3.8, 4) is 0 Å². The molecule has 0 aliphatic carbocycles. The number of benzene rings is 4. The summed E-state index contributed by atoms with van der Waals surface area (Å²) >= 11 is -8.02. The Bertz CT molecular complexity index is 911. The van der Waals surface area contributed by atoms with Gasteiger partial charge in [-0.3, -0.25) is 0 Å². The molecule has 1 aliphatic rings. The second-order valence-electron chi connectivity index (χ2n) is 7.00. The molecule has 160 valence electrons. The molecular formula is C25H22As4O3. The molecule has 3 nitrogen and oxygen atoms in total. The molecule has 0 spiro atoms. The van der Waals surface area contributed by atoms with E-state index in [1.165, 1.54) is 17.4 Å². The van der Waals surface area contributed by atoms with Gasteiger partial charge in [0.15, 0.2) is 0 Å². The summed E-state index contributed by atoms with van der Waals surface area (Å²) in [6.45, 7) is 0. The molecule has 1 saturated heterocycles. The zero-order valence-corrected chi connectivity index (χ0v) is 24.8. The SMILES string of the molecule is c1ccc([As]2C[As](c3ccccc3)O[As](c3ccccc3)O[As](c3ccccc3)O2)cc1. The van der Waals surface area contributed by atoms with Crippen LogP contribution in [0.3, 0.4) is 0 Å². The zero-order valence-electron chi connectivity index (χ0n) is 17.3. The van der Waals surface area contributed by atoms with Gasteiger partial charge in [-0.05, 0) is 0 Å². The van der Waals surface area contributed by atoms with Crippen LogP contribution in [0.15, 0.2) is 121 Å². The number of hydrogen-bond acceptors (Lipinski definition) is 3. The first-order valence-corrected chi connectivity index (χ1v) is 21.3. The summed E-state index contributed by atoms with van der Waals surface area (Å²) in [6.07, 6.45) is 0. The fourth-order valence-electron chi connectivity index (χ4n) is 3.18. The molecule has 1 fully saturated rings. The Kier molecular flexibility index (Phi) is 8.12. The third-order valence-corrected chi connectivity index (χ3v) is 31.0. The normalized spacial score (nSPS) is 23.8. The predicted octanol–water partition coefficient (Wildman–Crippen LogP) is 2.18. The van der Waals surface area contributed by atoms with E-state index in [9.17, 15) is 0 Å². The van der Waals surface area contributed by atoms with Crippen LogP contribution >= 0.6 is 0 Å². The zero-order chi connectivity index (χ0) is 21.6. The summed E-state index contributed by atoms with van der Waals surface area (Å²) in [4.78, 5) is 0. The minimum absolute atomic E-state index is 1.05. The van der Waals surface area contributed by atoms with E-state index in [2.05, 4.69) is 121 Å². The topological polar surface area (TPSA) is 27.7 Å². The standard InChI is InChI=1S/C25H22As4O3/c1-5-13-22(14-6-1)26-21-27(23-15-7-2-8-16-23)31-29(25-19-11-4-12-20-25)32-28(30-26)24-17-9-3-10-18-24/h1-20H,21H2. The van der Waals surface area contributed by atoms with Crippen LogP contribution in [-0.4, -0.2) is 60.7 Å². The van der Waals surface area contributed by atoms with Crippen LogP contribution in [0, 0.1) is 0 Å². The van der Waals surface area contributed by atoms with Crippen LogP contribution < -0.4 is 17.4 Å². The molecule has 5 rings (SSSR count). The first kappa shape index (κ1) is 22.8. The average Bonchev–Trinajstić information content (AvgIpc) is 2.86. The van der Waals surface area contributed by atoms with Gasteiger partial charge in [0.25, 0.3) is 0 Å². The molecule has 0 aromatic heterocycles. The van der Waals surface area contributed by atoms with E-state index in [-0.39, 0.29) is 0 Å². The molecule has 7 heteroatoms. The van der Waals surface area contributed by atoms with Gasteiger partial charge in [0, 0.05) is 0 Å². The first-order chi connectivity index (χ1) is 15.9. The average molecular weight is 670 g/mol. The fraction of sp³-hybridized carbons (Fsp3) is 0.0400. The van der Waals surface area contributed by atoms with Gasteiger partial charge in [0.2, 0.25) is 0 Å². The minimum atomic E-state index is -2.19. The molecule has 0 amide bonds. The van der Waals surface area contributed by atoms with E-state index < -0.39 is 60.7 Å². The van der Waals surface area contributed by atoms with Crippen LogP contribution in [0.2, 0.25) is 4.00 Å². The van der Waals surface area contributed by atoms with Gasteiger partial charge in [-0.15, -0.1) is 0 Å². The van der Waals surface area contributed by atoms with Crippen molar-refractivity contribution >= 4 is 78.1 Å². The Morgan fingerprint density at radius 2 is 0.688 bits per heavy atom. The quantitative estimate of drug-likeness (QED) is 0.312. The second kappa shape index (κ2) is 11.4. The van der Waals surface area contributed by atoms with Crippen molar-refractivity contribution in [2.75, 3.05) is 0 Å². The Morgan fingerprint density at radius 3 is 1.03 bits per heavy atom. The Balaban J connectivity index is 1.55. The molecule has 0 saturated carbocycles. The van der Waals surface area contributed by atoms with Crippen LogP contribution in [0.4, 0.5) is 0 Å². The molecule has 4 unspecified atom stereocenters. The molecule has 32 heavy (non-hydrogen) atoms. The Morgan fingerprint density at radius 1 is 0.375 bits per heavy atom. The molecule has 0 N–H and O–H groups in total. The van der Waals surface area contributed by atoms with Crippen LogP contribution in [0.1, 0.15) is 0 Å². The van der Waals surface area contributed by atoms with Gasteiger partial charge >= 0.3 is 212 Å². The van der Waals surface area contributed by atoms with Crippen molar-refractivity contribution < 1.29 is 8.15 Å². The van der Waals surface area contributed by atoms with Crippen LogP contribution in [0.5, 0.6) is 0 Å². The molecule has 1 heterocycles. The van der Waals surface area contributed by atoms with Crippen molar-refractivity contribution in [1.82, 2.24) is 0 Å². The van der Waals surface area contributed by atoms with Crippen molar-refractivity contribution in [1.29, 1.82) is 0 Å². The summed E-state index contributed by atoms with van der Waals surface area (Å²) in [6, 6.07) is 42.6. The summed E-state index contributed by atoms with van der Waals surface area (Å²) in [5.41, 5.74) is 0. The van der Waals surface area contributed by atoms with E-state index in [0.29, 0.717) is 0 Å². The number of hydrogen-bond donors (Lipinski definition) is 0. The second-order valence-corrected chi connectivity index (χ2v) is 26.7. The summed E-state index contributed by atoms with van der Waals surface area (Å²) in [5.74, 6) is 0. The van der Waals surface area contributed by atoms with Gasteiger partial charge in [0.05, 0.1) is 0 Å². The van der Waals surface area contributed by atoms with Crippen molar-refractivity contribution in [3.63, 3.8) is 0 Å². The first-order valence-electron chi connectivity index (χ1n) is 10.3. The summed E-state index contributed by atoms with van der Waals surface area (Å²) in [7, 11) is 0. The van der Waals surface area contributed by atoms with Gasteiger partial charge in [-0.2, -0.15) is 0 Å². The molecule has 4 aromatic carbocycles. The Labute approximate surface area is 209 Å². The van der Waals surface area contributed by atoms with Crippen molar-refractivity contribution in [3.05, 3.63) is 121 Å². The van der Waals surface area contributed by atoms with E-state index in [1.807, 2.05) is 0 Å². The summed E-state index contributed by atoms with van der Waals surface area (Å²) < 4.78 is 27.1. The van der Waals surface area contributed by atoms with Crippen LogP contribution in [0.25, 0.3) is 0 Å². The van der Waals surface area contributed by atoms with Gasteiger partial charge in [-0.1, -0.05) is 0 Å². The molecule has 4 aromatic rings. The molecule has 1 aliphatic heterocycles. The third-order valence-electron chi connectivity index (χ3n) is 4.77. The molecule has 4 atom stereocenters. The molecular weight excluding hydrogens is 648 g/mol. The van der Waals surface area contributed by atoms with Gasteiger partial charge in [-0.25, -0.2) is 0 Å². The van der Waals surface area contributed by atoms with E-state index in [1.54, 1.807) is 0 Å². The monoisotopic (exact) mass is 670 g/mol. The summed E-state index contributed by atoms with van der Waals surface area (Å²) in [5, 5.41) is 0. The Hall–Kier alpha value is -1.01.